The van der Waals surface area contributed by atoms with Gasteiger partial charge in [-0.05, 0) is 69.6 Å². The van der Waals surface area contributed by atoms with Crippen LogP contribution in [-0.4, -0.2) is 59.5 Å². The number of aromatic nitrogens is 2. The van der Waals surface area contributed by atoms with E-state index in [2.05, 4.69) is 12.0 Å². The monoisotopic (exact) mass is 458 g/mol. The fourth-order valence-electron chi connectivity index (χ4n) is 4.77. The van der Waals surface area contributed by atoms with Crippen molar-refractivity contribution in [3.8, 4) is 0 Å². The average Bonchev–Trinajstić information content (AvgIpc) is 3.08. The van der Waals surface area contributed by atoms with E-state index in [0.717, 1.165) is 44.3 Å². The summed E-state index contributed by atoms with van der Waals surface area (Å²) in [6.45, 7) is 9.04. The second-order valence-corrected chi connectivity index (χ2v) is 11.2. The number of carbonyl (C=O) groups excluding carboxylic acids is 1. The molecule has 2 aliphatic rings. The van der Waals surface area contributed by atoms with Gasteiger partial charge in [0.15, 0.2) is 0 Å². The molecule has 0 radical (unpaired) electrons. The van der Waals surface area contributed by atoms with Crippen LogP contribution in [0.5, 0.6) is 0 Å². The molecule has 8 heteroatoms. The Bertz CT molecular complexity index is 1060. The Morgan fingerprint density at radius 2 is 1.62 bits per heavy atom. The Kier molecular flexibility index (Phi) is 6.72. The van der Waals surface area contributed by atoms with E-state index >= 15 is 0 Å². The molecular weight excluding hydrogens is 424 g/mol. The van der Waals surface area contributed by atoms with E-state index in [1.165, 1.54) is 6.42 Å². The molecule has 0 saturated carbocycles. The lowest BCUT2D eigenvalue weighted by molar-refractivity contribution is 0.0724. The van der Waals surface area contributed by atoms with Crippen LogP contribution in [0, 0.1) is 19.8 Å². The van der Waals surface area contributed by atoms with Crippen LogP contribution in [0.4, 0.5) is 0 Å². The quantitative estimate of drug-likeness (QED) is 0.686. The number of aryl methyl sites for hydroxylation is 1. The fraction of sp³-hybridized carbons (Fsp3) is 0.583. The van der Waals surface area contributed by atoms with Gasteiger partial charge in [0, 0.05) is 31.7 Å². The summed E-state index contributed by atoms with van der Waals surface area (Å²) in [5, 5.41) is 4.55. The van der Waals surface area contributed by atoms with Gasteiger partial charge in [-0.1, -0.05) is 19.1 Å². The highest BCUT2D eigenvalue weighted by molar-refractivity contribution is 7.89. The molecule has 0 unspecified atom stereocenters. The van der Waals surface area contributed by atoms with Gasteiger partial charge in [-0.15, -0.1) is 0 Å². The predicted molar refractivity (Wildman–Crippen MR) is 124 cm³/mol. The SMILES string of the molecule is Cc1nn(Cc2ccc(C(=O)N3CCCCC3)cc2)c(C)c1S(=O)(=O)N1CCC(C)CC1. The smallest absolute Gasteiger partial charge is 0.253 e. The number of nitrogens with zero attached hydrogens (tertiary/aromatic N) is 4. The summed E-state index contributed by atoms with van der Waals surface area (Å²) in [4.78, 5) is 15.0. The van der Waals surface area contributed by atoms with Gasteiger partial charge in [0.2, 0.25) is 10.0 Å². The fourth-order valence-corrected chi connectivity index (χ4v) is 6.61. The lowest BCUT2D eigenvalue weighted by atomic mass is 10.0. The molecule has 3 heterocycles. The molecule has 7 nitrogen and oxygen atoms in total. The molecule has 2 aliphatic heterocycles. The van der Waals surface area contributed by atoms with E-state index in [1.54, 1.807) is 15.9 Å². The number of rotatable bonds is 5. The number of piperidine rings is 2. The van der Waals surface area contributed by atoms with Crippen LogP contribution in [0.15, 0.2) is 29.2 Å². The van der Waals surface area contributed by atoms with Crippen molar-refractivity contribution in [2.24, 2.45) is 5.92 Å². The molecule has 1 aromatic carbocycles. The third-order valence-electron chi connectivity index (χ3n) is 6.83. The standard InChI is InChI=1S/C24H34N4O3S/c1-18-11-15-27(16-12-18)32(30,31)23-19(2)25-28(20(23)3)17-21-7-9-22(10-8-21)24(29)26-13-5-4-6-14-26/h7-10,18H,4-6,11-17H2,1-3H3. The number of likely N-dealkylation sites (tertiary alicyclic amines) is 1. The maximum atomic E-state index is 13.3. The molecule has 174 valence electrons. The number of benzene rings is 1. The normalized spacial score (nSPS) is 18.8. The van der Waals surface area contributed by atoms with Crippen LogP contribution in [0.3, 0.4) is 0 Å². The lowest BCUT2D eigenvalue weighted by Crippen LogP contribution is -2.38. The second kappa shape index (κ2) is 9.35. The summed E-state index contributed by atoms with van der Waals surface area (Å²) in [6.07, 6.45) is 5.13. The highest BCUT2D eigenvalue weighted by Crippen LogP contribution is 2.28. The summed E-state index contributed by atoms with van der Waals surface area (Å²) in [7, 11) is -3.55. The molecule has 0 aliphatic carbocycles. The van der Waals surface area contributed by atoms with E-state index in [4.69, 9.17) is 0 Å². The number of hydrogen-bond acceptors (Lipinski definition) is 4. The van der Waals surface area contributed by atoms with E-state index in [0.29, 0.717) is 47.4 Å². The van der Waals surface area contributed by atoms with Gasteiger partial charge in [-0.3, -0.25) is 9.48 Å². The lowest BCUT2D eigenvalue weighted by Gasteiger charge is -2.29. The minimum atomic E-state index is -3.55. The number of sulfonamides is 1. The molecule has 0 atom stereocenters. The number of amides is 1. The molecule has 2 saturated heterocycles. The Labute approximate surface area is 191 Å². The maximum Gasteiger partial charge on any atom is 0.253 e. The molecular formula is C24H34N4O3S. The zero-order chi connectivity index (χ0) is 22.9. The van der Waals surface area contributed by atoms with Crippen molar-refractivity contribution in [1.29, 1.82) is 0 Å². The third-order valence-corrected chi connectivity index (χ3v) is 8.98. The molecule has 1 amide bonds. The van der Waals surface area contributed by atoms with Crippen LogP contribution in [-0.2, 0) is 16.6 Å². The first-order valence-corrected chi connectivity index (χ1v) is 13.1. The van der Waals surface area contributed by atoms with Crippen molar-refractivity contribution in [2.45, 2.75) is 64.3 Å². The second-order valence-electron chi connectivity index (χ2n) is 9.29. The van der Waals surface area contributed by atoms with E-state index in [1.807, 2.05) is 36.1 Å². The average molecular weight is 459 g/mol. The molecule has 32 heavy (non-hydrogen) atoms. The zero-order valence-electron chi connectivity index (χ0n) is 19.4. The predicted octanol–water partition coefficient (Wildman–Crippen LogP) is 3.59. The first-order chi connectivity index (χ1) is 15.3. The summed E-state index contributed by atoms with van der Waals surface area (Å²) < 4.78 is 30.0. The van der Waals surface area contributed by atoms with E-state index in [9.17, 15) is 13.2 Å². The van der Waals surface area contributed by atoms with Crippen LogP contribution in [0.2, 0.25) is 0 Å². The molecule has 0 bridgehead atoms. The third kappa shape index (κ3) is 4.62. The highest BCUT2D eigenvalue weighted by atomic mass is 32.2. The van der Waals surface area contributed by atoms with Crippen molar-refractivity contribution in [2.75, 3.05) is 26.2 Å². The maximum absolute atomic E-state index is 13.3. The first kappa shape index (κ1) is 23.0. The Morgan fingerprint density at radius 1 is 1.00 bits per heavy atom. The van der Waals surface area contributed by atoms with Crippen molar-refractivity contribution in [3.05, 3.63) is 46.8 Å². The number of hydrogen-bond donors (Lipinski definition) is 0. The van der Waals surface area contributed by atoms with E-state index in [-0.39, 0.29) is 5.91 Å². The van der Waals surface area contributed by atoms with E-state index < -0.39 is 10.0 Å². The molecule has 2 aromatic rings. The van der Waals surface area contributed by atoms with Gasteiger partial charge in [-0.2, -0.15) is 9.40 Å². The van der Waals surface area contributed by atoms with Gasteiger partial charge in [0.25, 0.3) is 5.91 Å². The summed E-state index contributed by atoms with van der Waals surface area (Å²) in [5.74, 6) is 0.655. The van der Waals surface area contributed by atoms with Crippen molar-refractivity contribution in [1.82, 2.24) is 19.0 Å². The Hall–Kier alpha value is -2.19. The van der Waals surface area contributed by atoms with Gasteiger partial charge >= 0.3 is 0 Å². The summed E-state index contributed by atoms with van der Waals surface area (Å²) in [5.41, 5.74) is 2.89. The molecule has 4 rings (SSSR count). The minimum Gasteiger partial charge on any atom is -0.339 e. The Balaban J connectivity index is 1.50. The van der Waals surface area contributed by atoms with Gasteiger partial charge in [0.1, 0.15) is 4.90 Å². The van der Waals surface area contributed by atoms with Gasteiger partial charge < -0.3 is 4.90 Å². The molecule has 0 N–H and O–H groups in total. The first-order valence-electron chi connectivity index (χ1n) is 11.7. The molecule has 2 fully saturated rings. The van der Waals surface area contributed by atoms with Crippen LogP contribution in [0.25, 0.3) is 0 Å². The van der Waals surface area contributed by atoms with Crippen molar-refractivity contribution < 1.29 is 13.2 Å². The topological polar surface area (TPSA) is 75.5 Å². The zero-order valence-corrected chi connectivity index (χ0v) is 20.2. The summed E-state index contributed by atoms with van der Waals surface area (Å²) in [6, 6.07) is 7.61. The largest absolute Gasteiger partial charge is 0.339 e. The minimum absolute atomic E-state index is 0.0894. The van der Waals surface area contributed by atoms with Gasteiger partial charge in [-0.25, -0.2) is 8.42 Å². The van der Waals surface area contributed by atoms with Crippen LogP contribution >= 0.6 is 0 Å². The van der Waals surface area contributed by atoms with Crippen LogP contribution < -0.4 is 0 Å². The van der Waals surface area contributed by atoms with Crippen LogP contribution in [0.1, 0.15) is 66.3 Å². The van der Waals surface area contributed by atoms with Gasteiger partial charge in [0.05, 0.1) is 17.9 Å². The highest BCUT2D eigenvalue weighted by Gasteiger charge is 2.33. The van der Waals surface area contributed by atoms with Crippen molar-refractivity contribution >= 4 is 15.9 Å². The van der Waals surface area contributed by atoms with Crippen molar-refractivity contribution in [3.63, 3.8) is 0 Å². The number of carbonyl (C=O) groups is 1. The molecule has 1 aromatic heterocycles. The summed E-state index contributed by atoms with van der Waals surface area (Å²) >= 11 is 0. The molecule has 0 spiro atoms. The Morgan fingerprint density at radius 3 is 2.25 bits per heavy atom.